The van der Waals surface area contributed by atoms with E-state index in [1.54, 1.807) is 0 Å². The highest BCUT2D eigenvalue weighted by Crippen LogP contribution is 2.52. The molecule has 15 heavy (non-hydrogen) atoms. The maximum absolute atomic E-state index is 11.8. The summed E-state index contributed by atoms with van der Waals surface area (Å²) in [7, 11) is 1.38. The fraction of sp³-hybridized carbons (Fsp3) is 0.909. The van der Waals surface area contributed by atoms with Crippen molar-refractivity contribution < 1.29 is 19.4 Å². The Balaban J connectivity index is 2.20. The van der Waals surface area contributed by atoms with Crippen molar-refractivity contribution >= 4 is 5.97 Å². The second-order valence-corrected chi connectivity index (χ2v) is 4.61. The zero-order chi connectivity index (χ0) is 10.9. The van der Waals surface area contributed by atoms with Crippen LogP contribution in [0.5, 0.6) is 0 Å². The largest absolute Gasteiger partial charge is 0.469 e. The summed E-state index contributed by atoms with van der Waals surface area (Å²) in [5.74, 6) is -0.276. The van der Waals surface area contributed by atoms with E-state index in [-0.39, 0.29) is 12.6 Å². The third-order valence-electron chi connectivity index (χ3n) is 3.89. The van der Waals surface area contributed by atoms with Crippen LogP contribution in [0.25, 0.3) is 0 Å². The summed E-state index contributed by atoms with van der Waals surface area (Å²) in [5, 5.41) is 10.5. The molecule has 2 fully saturated rings. The Hall–Kier alpha value is -0.610. The van der Waals surface area contributed by atoms with Crippen molar-refractivity contribution in [3.8, 4) is 0 Å². The minimum absolute atomic E-state index is 0.266. The highest BCUT2D eigenvalue weighted by atomic mass is 16.5. The molecule has 1 heterocycles. The Morgan fingerprint density at radius 2 is 2.07 bits per heavy atom. The van der Waals surface area contributed by atoms with Gasteiger partial charge in [-0.3, -0.25) is 4.79 Å². The zero-order valence-electron chi connectivity index (χ0n) is 9.12. The standard InChI is InChI=1S/C11H18O4/c1-14-9(12)10(4-2-5-10)11(13)6-3-7-15-8-11/h13H,2-8H2,1H3. The Morgan fingerprint density at radius 1 is 1.33 bits per heavy atom. The molecule has 1 saturated carbocycles. The first-order chi connectivity index (χ1) is 7.15. The first-order valence-electron chi connectivity index (χ1n) is 5.53. The van der Waals surface area contributed by atoms with E-state index in [1.807, 2.05) is 0 Å². The number of aliphatic hydroxyl groups is 1. The Bertz CT molecular complexity index is 251. The molecule has 2 rings (SSSR count). The molecule has 1 N–H and O–H groups in total. The number of carbonyl (C=O) groups is 1. The van der Waals surface area contributed by atoms with Gasteiger partial charge in [0.15, 0.2) is 0 Å². The van der Waals surface area contributed by atoms with E-state index in [0.717, 1.165) is 25.7 Å². The molecule has 1 aliphatic heterocycles. The van der Waals surface area contributed by atoms with Gasteiger partial charge in [0.05, 0.1) is 19.1 Å². The minimum atomic E-state index is -1.00. The molecule has 4 heteroatoms. The van der Waals surface area contributed by atoms with Gasteiger partial charge in [0.2, 0.25) is 0 Å². The van der Waals surface area contributed by atoms with Crippen molar-refractivity contribution in [1.29, 1.82) is 0 Å². The van der Waals surface area contributed by atoms with Gasteiger partial charge in [0.1, 0.15) is 5.60 Å². The molecule has 0 radical (unpaired) electrons. The van der Waals surface area contributed by atoms with E-state index < -0.39 is 11.0 Å². The number of hydrogen-bond acceptors (Lipinski definition) is 4. The van der Waals surface area contributed by atoms with E-state index in [2.05, 4.69) is 0 Å². The summed E-state index contributed by atoms with van der Waals surface area (Å²) in [6.45, 7) is 0.946. The van der Waals surface area contributed by atoms with Crippen molar-refractivity contribution in [2.75, 3.05) is 20.3 Å². The molecule has 0 amide bonds. The molecule has 4 nitrogen and oxygen atoms in total. The maximum Gasteiger partial charge on any atom is 0.314 e. The lowest BCUT2D eigenvalue weighted by Crippen LogP contribution is -2.61. The fourth-order valence-corrected chi connectivity index (χ4v) is 2.74. The van der Waals surface area contributed by atoms with Gasteiger partial charge in [0, 0.05) is 6.61 Å². The first kappa shape index (κ1) is 10.9. The third kappa shape index (κ3) is 1.47. The molecule has 1 saturated heterocycles. The van der Waals surface area contributed by atoms with Crippen molar-refractivity contribution in [3.63, 3.8) is 0 Å². The van der Waals surface area contributed by atoms with Gasteiger partial charge in [0.25, 0.3) is 0 Å². The van der Waals surface area contributed by atoms with Gasteiger partial charge in [-0.1, -0.05) is 6.42 Å². The second-order valence-electron chi connectivity index (χ2n) is 4.61. The van der Waals surface area contributed by atoms with Crippen molar-refractivity contribution in [3.05, 3.63) is 0 Å². The summed E-state index contributed by atoms with van der Waals surface area (Å²) in [6.07, 6.45) is 3.88. The smallest absolute Gasteiger partial charge is 0.314 e. The van der Waals surface area contributed by atoms with Crippen LogP contribution in [-0.4, -0.2) is 37.0 Å². The van der Waals surface area contributed by atoms with E-state index in [4.69, 9.17) is 9.47 Å². The van der Waals surface area contributed by atoms with E-state index in [0.29, 0.717) is 13.0 Å². The lowest BCUT2D eigenvalue weighted by atomic mass is 9.57. The molecule has 0 aromatic heterocycles. The topological polar surface area (TPSA) is 55.8 Å². The van der Waals surface area contributed by atoms with Crippen LogP contribution in [0.15, 0.2) is 0 Å². The summed E-state index contributed by atoms with van der Waals surface area (Å²) in [4.78, 5) is 11.8. The Labute approximate surface area is 89.6 Å². The predicted octanol–water partition coefficient (Wildman–Crippen LogP) is 0.871. The van der Waals surface area contributed by atoms with Crippen molar-refractivity contribution in [2.45, 2.75) is 37.7 Å². The molecular weight excluding hydrogens is 196 g/mol. The van der Waals surface area contributed by atoms with Gasteiger partial charge < -0.3 is 14.6 Å². The van der Waals surface area contributed by atoms with Crippen LogP contribution in [0.3, 0.4) is 0 Å². The number of ether oxygens (including phenoxy) is 2. The van der Waals surface area contributed by atoms with Crippen LogP contribution in [0, 0.1) is 5.41 Å². The summed E-state index contributed by atoms with van der Waals surface area (Å²) >= 11 is 0. The highest BCUT2D eigenvalue weighted by Gasteiger charge is 2.60. The molecule has 1 atom stereocenters. The lowest BCUT2D eigenvalue weighted by molar-refractivity contribution is -0.211. The molecule has 1 unspecified atom stereocenters. The monoisotopic (exact) mass is 214 g/mol. The average molecular weight is 214 g/mol. The SMILES string of the molecule is COC(=O)C1(C2(O)CCCOC2)CCC1. The van der Waals surface area contributed by atoms with Gasteiger partial charge in [-0.15, -0.1) is 0 Å². The van der Waals surface area contributed by atoms with Crippen LogP contribution in [0.1, 0.15) is 32.1 Å². The summed E-state index contributed by atoms with van der Waals surface area (Å²) in [5.41, 5.74) is -1.70. The average Bonchev–Trinajstić information content (AvgIpc) is 2.16. The molecule has 0 aromatic carbocycles. The van der Waals surface area contributed by atoms with Crippen LogP contribution in [0.4, 0.5) is 0 Å². The maximum atomic E-state index is 11.8. The van der Waals surface area contributed by atoms with Crippen molar-refractivity contribution in [1.82, 2.24) is 0 Å². The number of esters is 1. The molecular formula is C11H18O4. The predicted molar refractivity (Wildman–Crippen MR) is 53.3 cm³/mol. The highest BCUT2D eigenvalue weighted by molar-refractivity contribution is 5.79. The Kier molecular flexibility index (Phi) is 2.73. The number of carbonyl (C=O) groups excluding carboxylic acids is 1. The van der Waals surface area contributed by atoms with Crippen LogP contribution in [-0.2, 0) is 14.3 Å². The summed E-state index contributed by atoms with van der Waals surface area (Å²) < 4.78 is 10.1. The van der Waals surface area contributed by atoms with E-state index in [9.17, 15) is 9.90 Å². The normalized spacial score (nSPS) is 34.3. The molecule has 0 spiro atoms. The molecule has 1 aliphatic carbocycles. The van der Waals surface area contributed by atoms with E-state index in [1.165, 1.54) is 7.11 Å². The number of methoxy groups -OCH3 is 1. The molecule has 0 aromatic rings. The van der Waals surface area contributed by atoms with Gasteiger partial charge in [-0.2, -0.15) is 0 Å². The van der Waals surface area contributed by atoms with Crippen LogP contribution in [0.2, 0.25) is 0 Å². The number of rotatable bonds is 2. The second kappa shape index (κ2) is 3.76. The van der Waals surface area contributed by atoms with Crippen molar-refractivity contribution in [2.24, 2.45) is 5.41 Å². The van der Waals surface area contributed by atoms with Crippen LogP contribution < -0.4 is 0 Å². The third-order valence-corrected chi connectivity index (χ3v) is 3.89. The minimum Gasteiger partial charge on any atom is -0.469 e. The summed E-state index contributed by atoms with van der Waals surface area (Å²) in [6, 6.07) is 0. The molecule has 2 aliphatic rings. The molecule has 86 valence electrons. The molecule has 0 bridgehead atoms. The first-order valence-corrected chi connectivity index (χ1v) is 5.53. The Morgan fingerprint density at radius 3 is 2.47 bits per heavy atom. The fourth-order valence-electron chi connectivity index (χ4n) is 2.74. The van der Waals surface area contributed by atoms with E-state index >= 15 is 0 Å². The van der Waals surface area contributed by atoms with Gasteiger partial charge in [-0.05, 0) is 25.7 Å². The van der Waals surface area contributed by atoms with Gasteiger partial charge in [-0.25, -0.2) is 0 Å². The lowest BCUT2D eigenvalue weighted by Gasteiger charge is -2.51. The van der Waals surface area contributed by atoms with Crippen LogP contribution >= 0.6 is 0 Å². The number of hydrogen-bond donors (Lipinski definition) is 1. The quantitative estimate of drug-likeness (QED) is 0.693. The zero-order valence-corrected chi connectivity index (χ0v) is 9.12. The van der Waals surface area contributed by atoms with Gasteiger partial charge >= 0.3 is 5.97 Å².